The van der Waals surface area contributed by atoms with E-state index in [1.165, 1.54) is 5.56 Å². The van der Waals surface area contributed by atoms with Crippen LogP contribution in [0.3, 0.4) is 0 Å². The Labute approximate surface area is 78.2 Å². The zero-order valence-corrected chi connectivity index (χ0v) is 7.68. The first-order chi connectivity index (χ1) is 6.33. The summed E-state index contributed by atoms with van der Waals surface area (Å²) in [5.41, 5.74) is 1.17. The van der Waals surface area contributed by atoms with E-state index in [1.807, 2.05) is 37.3 Å². The summed E-state index contributed by atoms with van der Waals surface area (Å²) in [6.45, 7) is 1.97. The van der Waals surface area contributed by atoms with Crippen LogP contribution in [0.2, 0.25) is 0 Å². The average Bonchev–Trinajstić information content (AvgIpc) is 2.98. The van der Waals surface area contributed by atoms with Crippen molar-refractivity contribution in [2.45, 2.75) is 31.7 Å². The van der Waals surface area contributed by atoms with Crippen molar-refractivity contribution >= 4 is 0 Å². The van der Waals surface area contributed by atoms with Gasteiger partial charge in [-0.25, -0.2) is 0 Å². The van der Waals surface area contributed by atoms with Crippen molar-refractivity contribution in [2.24, 2.45) is 0 Å². The molecule has 0 bridgehead atoms. The first kappa shape index (κ1) is 8.73. The van der Waals surface area contributed by atoms with Crippen molar-refractivity contribution in [3.8, 4) is 0 Å². The van der Waals surface area contributed by atoms with Gasteiger partial charge in [0.25, 0.3) is 0 Å². The Bertz CT molecular complexity index is 271. The number of aliphatic hydroxyl groups excluding tert-OH is 1. The summed E-state index contributed by atoms with van der Waals surface area (Å²) in [6, 6.07) is 10.0. The van der Waals surface area contributed by atoms with Crippen LogP contribution in [0.5, 0.6) is 0 Å². The number of ether oxygens (including phenoxy) is 1. The highest BCUT2D eigenvalue weighted by molar-refractivity contribution is 5.22. The topological polar surface area (TPSA) is 32.8 Å². The maximum atomic E-state index is 9.50. The number of epoxide rings is 1. The van der Waals surface area contributed by atoms with E-state index in [-0.39, 0.29) is 18.3 Å². The average molecular weight is 178 g/mol. The Morgan fingerprint density at radius 1 is 1.38 bits per heavy atom. The van der Waals surface area contributed by atoms with Crippen LogP contribution in [0.4, 0.5) is 0 Å². The zero-order chi connectivity index (χ0) is 9.26. The van der Waals surface area contributed by atoms with Gasteiger partial charge in [-0.3, -0.25) is 0 Å². The molecule has 13 heavy (non-hydrogen) atoms. The van der Waals surface area contributed by atoms with Crippen LogP contribution in [0.1, 0.15) is 25.0 Å². The van der Waals surface area contributed by atoms with Crippen molar-refractivity contribution in [1.29, 1.82) is 0 Å². The van der Waals surface area contributed by atoms with E-state index in [0.717, 1.165) is 6.42 Å². The zero-order valence-electron chi connectivity index (χ0n) is 7.68. The van der Waals surface area contributed by atoms with E-state index in [2.05, 4.69) is 0 Å². The summed E-state index contributed by atoms with van der Waals surface area (Å²) in [7, 11) is 0. The summed E-state index contributed by atoms with van der Waals surface area (Å²) in [4.78, 5) is 0. The van der Waals surface area contributed by atoms with Gasteiger partial charge in [-0.1, -0.05) is 37.3 Å². The largest absolute Gasteiger partial charge is 0.390 e. The van der Waals surface area contributed by atoms with Gasteiger partial charge in [-0.2, -0.15) is 0 Å². The molecule has 0 aliphatic carbocycles. The number of benzene rings is 1. The second kappa shape index (κ2) is 3.48. The fraction of sp³-hybridized carbons (Fsp3) is 0.455. The molecule has 3 atom stereocenters. The number of hydrogen-bond donors (Lipinski definition) is 1. The number of rotatable bonds is 3. The molecular weight excluding hydrogens is 164 g/mol. The molecule has 1 N–H and O–H groups in total. The minimum Gasteiger partial charge on any atom is -0.390 e. The standard InChI is InChI=1S/C11H14O2/c1-2-9(12)11-10(13-11)8-6-4-3-5-7-8/h3-7,9-12H,2H2,1H3/t9-,10-,11?/m0/s1. The summed E-state index contributed by atoms with van der Waals surface area (Å²) >= 11 is 0. The normalized spacial score (nSPS) is 28.5. The molecule has 1 saturated heterocycles. The highest BCUT2D eigenvalue weighted by Gasteiger charge is 2.44. The Hall–Kier alpha value is -0.860. The molecule has 0 spiro atoms. The first-order valence-corrected chi connectivity index (χ1v) is 4.71. The molecule has 1 aliphatic heterocycles. The molecular formula is C11H14O2. The van der Waals surface area contributed by atoms with Crippen LogP contribution in [0, 0.1) is 0 Å². The minimum absolute atomic E-state index is 0.0207. The van der Waals surface area contributed by atoms with Gasteiger partial charge < -0.3 is 9.84 Å². The third-order valence-electron chi connectivity index (χ3n) is 2.45. The highest BCUT2D eigenvalue weighted by Crippen LogP contribution is 2.41. The number of aliphatic hydroxyl groups is 1. The fourth-order valence-corrected chi connectivity index (χ4v) is 1.56. The molecule has 2 heteroatoms. The molecule has 0 radical (unpaired) electrons. The van der Waals surface area contributed by atoms with Crippen molar-refractivity contribution in [2.75, 3.05) is 0 Å². The monoisotopic (exact) mass is 178 g/mol. The third-order valence-corrected chi connectivity index (χ3v) is 2.45. The van der Waals surface area contributed by atoms with Gasteiger partial charge in [0.1, 0.15) is 12.2 Å². The molecule has 70 valence electrons. The van der Waals surface area contributed by atoms with E-state index >= 15 is 0 Å². The molecule has 1 aromatic carbocycles. The lowest BCUT2D eigenvalue weighted by atomic mass is 10.1. The van der Waals surface area contributed by atoms with E-state index < -0.39 is 0 Å². The molecule has 1 aliphatic rings. The van der Waals surface area contributed by atoms with E-state index in [9.17, 15) is 5.11 Å². The van der Waals surface area contributed by atoms with Crippen molar-refractivity contribution < 1.29 is 9.84 Å². The van der Waals surface area contributed by atoms with Crippen LogP contribution >= 0.6 is 0 Å². The smallest absolute Gasteiger partial charge is 0.115 e. The fourth-order valence-electron chi connectivity index (χ4n) is 1.56. The van der Waals surface area contributed by atoms with Crippen LogP contribution in [-0.4, -0.2) is 17.3 Å². The molecule has 0 aromatic heterocycles. The predicted molar refractivity (Wildman–Crippen MR) is 50.4 cm³/mol. The molecule has 1 unspecified atom stereocenters. The van der Waals surface area contributed by atoms with Gasteiger partial charge in [0, 0.05) is 0 Å². The summed E-state index contributed by atoms with van der Waals surface area (Å²) in [6.07, 6.45) is 0.585. The molecule has 1 fully saturated rings. The van der Waals surface area contributed by atoms with E-state index in [0.29, 0.717) is 0 Å². The Balaban J connectivity index is 2.00. The quantitative estimate of drug-likeness (QED) is 0.717. The Morgan fingerprint density at radius 3 is 2.69 bits per heavy atom. The summed E-state index contributed by atoms with van der Waals surface area (Å²) in [5, 5.41) is 9.50. The first-order valence-electron chi connectivity index (χ1n) is 4.71. The van der Waals surface area contributed by atoms with E-state index in [4.69, 9.17) is 4.74 Å². The third kappa shape index (κ3) is 1.74. The molecule has 1 heterocycles. The molecule has 2 nitrogen and oxygen atoms in total. The van der Waals surface area contributed by atoms with Gasteiger partial charge in [-0.05, 0) is 12.0 Å². The van der Waals surface area contributed by atoms with Gasteiger partial charge in [0.05, 0.1) is 6.10 Å². The van der Waals surface area contributed by atoms with Crippen LogP contribution in [-0.2, 0) is 4.74 Å². The Kier molecular flexibility index (Phi) is 2.34. The lowest BCUT2D eigenvalue weighted by Crippen LogP contribution is -2.13. The highest BCUT2D eigenvalue weighted by atomic mass is 16.6. The second-order valence-corrected chi connectivity index (χ2v) is 3.41. The summed E-state index contributed by atoms with van der Waals surface area (Å²) in [5.74, 6) is 0. The lowest BCUT2D eigenvalue weighted by Gasteiger charge is -2.01. The predicted octanol–water partition coefficient (Wildman–Crippen LogP) is 1.90. The van der Waals surface area contributed by atoms with Gasteiger partial charge in [-0.15, -0.1) is 0 Å². The van der Waals surface area contributed by atoms with Crippen molar-refractivity contribution in [3.63, 3.8) is 0 Å². The van der Waals surface area contributed by atoms with Crippen molar-refractivity contribution in [3.05, 3.63) is 35.9 Å². The maximum absolute atomic E-state index is 9.50. The van der Waals surface area contributed by atoms with Crippen LogP contribution in [0.15, 0.2) is 30.3 Å². The summed E-state index contributed by atoms with van der Waals surface area (Å²) < 4.78 is 5.41. The molecule has 0 saturated carbocycles. The van der Waals surface area contributed by atoms with Crippen LogP contribution < -0.4 is 0 Å². The SMILES string of the molecule is CC[C@H](O)C1O[C@H]1c1ccccc1. The van der Waals surface area contributed by atoms with E-state index in [1.54, 1.807) is 0 Å². The lowest BCUT2D eigenvalue weighted by molar-refractivity contribution is 0.131. The van der Waals surface area contributed by atoms with Crippen LogP contribution in [0.25, 0.3) is 0 Å². The maximum Gasteiger partial charge on any atom is 0.115 e. The second-order valence-electron chi connectivity index (χ2n) is 3.41. The van der Waals surface area contributed by atoms with Crippen molar-refractivity contribution in [1.82, 2.24) is 0 Å². The molecule has 0 amide bonds. The Morgan fingerprint density at radius 2 is 2.08 bits per heavy atom. The van der Waals surface area contributed by atoms with Gasteiger partial charge in [0.15, 0.2) is 0 Å². The minimum atomic E-state index is -0.315. The molecule has 1 aromatic rings. The van der Waals surface area contributed by atoms with Gasteiger partial charge in [0.2, 0.25) is 0 Å². The van der Waals surface area contributed by atoms with Gasteiger partial charge >= 0.3 is 0 Å². The molecule has 2 rings (SSSR count). The number of hydrogen-bond acceptors (Lipinski definition) is 2.